The number of likely N-dealkylation sites (tertiary alicyclic amines) is 1. The lowest BCUT2D eigenvalue weighted by atomic mass is 9.73. The first-order chi connectivity index (χ1) is 14.4. The van der Waals surface area contributed by atoms with Crippen molar-refractivity contribution in [3.8, 4) is 0 Å². The quantitative estimate of drug-likeness (QED) is 0.715. The van der Waals surface area contributed by atoms with Gasteiger partial charge in [-0.1, -0.05) is 53.5 Å². The number of carbonyl (C=O) groups is 3. The molecule has 3 amide bonds. The van der Waals surface area contributed by atoms with Gasteiger partial charge in [-0.2, -0.15) is 0 Å². The van der Waals surface area contributed by atoms with E-state index in [9.17, 15) is 14.4 Å². The van der Waals surface area contributed by atoms with E-state index < -0.39 is 5.91 Å². The Balaban J connectivity index is 1.31. The largest absolute Gasteiger partial charge is 0.324 e. The van der Waals surface area contributed by atoms with Gasteiger partial charge in [0.05, 0.1) is 21.9 Å². The third-order valence-electron chi connectivity index (χ3n) is 6.84. The average molecular weight is 443 g/mol. The fraction of sp³-hybridized carbons (Fsp3) is 0.348. The number of benzene rings is 2. The highest BCUT2D eigenvalue weighted by atomic mass is 35.5. The van der Waals surface area contributed by atoms with Crippen LogP contribution in [0.15, 0.2) is 48.5 Å². The molecular formula is C23H20Cl2N2O3. The average Bonchev–Trinajstić information content (AvgIpc) is 3.39. The lowest BCUT2D eigenvalue weighted by Crippen LogP contribution is -2.39. The van der Waals surface area contributed by atoms with Crippen LogP contribution in [0.4, 0.5) is 5.69 Å². The molecule has 1 heterocycles. The summed E-state index contributed by atoms with van der Waals surface area (Å²) >= 11 is 11.9. The van der Waals surface area contributed by atoms with E-state index >= 15 is 0 Å². The Morgan fingerprint density at radius 2 is 1.70 bits per heavy atom. The van der Waals surface area contributed by atoms with E-state index in [1.807, 2.05) is 18.2 Å². The predicted octanol–water partition coefficient (Wildman–Crippen LogP) is 4.36. The molecule has 5 rings (SSSR count). The van der Waals surface area contributed by atoms with Gasteiger partial charge in [0, 0.05) is 5.69 Å². The zero-order valence-corrected chi connectivity index (χ0v) is 17.6. The highest BCUT2D eigenvalue weighted by Crippen LogP contribution is 2.61. The summed E-state index contributed by atoms with van der Waals surface area (Å²) in [7, 11) is 0. The molecule has 5 nitrogen and oxygen atoms in total. The van der Waals surface area contributed by atoms with Gasteiger partial charge >= 0.3 is 0 Å². The van der Waals surface area contributed by atoms with Crippen molar-refractivity contribution in [2.45, 2.75) is 18.8 Å². The maximum absolute atomic E-state index is 13.1. The second-order valence-corrected chi connectivity index (χ2v) is 9.22. The molecule has 2 aromatic carbocycles. The highest BCUT2D eigenvalue weighted by Gasteiger charge is 2.63. The zero-order valence-electron chi connectivity index (χ0n) is 16.1. The summed E-state index contributed by atoms with van der Waals surface area (Å²) in [6.07, 6.45) is 1.84. The highest BCUT2D eigenvalue weighted by molar-refractivity contribution is 6.42. The number of carbonyl (C=O) groups excluding carboxylic acids is 3. The van der Waals surface area contributed by atoms with E-state index in [0.717, 1.165) is 17.7 Å². The van der Waals surface area contributed by atoms with Crippen LogP contribution in [0.1, 0.15) is 24.3 Å². The van der Waals surface area contributed by atoms with E-state index in [1.165, 1.54) is 11.6 Å². The van der Waals surface area contributed by atoms with Crippen LogP contribution in [-0.4, -0.2) is 29.2 Å². The number of nitrogens with one attached hydrogen (secondary N) is 1. The molecule has 2 saturated carbocycles. The third-order valence-corrected chi connectivity index (χ3v) is 7.58. The summed E-state index contributed by atoms with van der Waals surface area (Å²) in [6.45, 7) is -0.277. The summed E-state index contributed by atoms with van der Waals surface area (Å²) < 4.78 is 0. The molecule has 0 unspecified atom stereocenters. The molecule has 154 valence electrons. The number of hydrogen-bond acceptors (Lipinski definition) is 3. The first kappa shape index (κ1) is 19.6. The second kappa shape index (κ2) is 7.40. The first-order valence-electron chi connectivity index (χ1n) is 10.1. The van der Waals surface area contributed by atoms with Gasteiger partial charge in [-0.05, 0) is 54.4 Å². The van der Waals surface area contributed by atoms with E-state index in [2.05, 4.69) is 17.4 Å². The Hall–Kier alpha value is -2.37. The zero-order chi connectivity index (χ0) is 21.0. The Kier molecular flexibility index (Phi) is 4.83. The first-order valence-corrected chi connectivity index (χ1v) is 10.8. The van der Waals surface area contributed by atoms with Crippen molar-refractivity contribution >= 4 is 46.6 Å². The van der Waals surface area contributed by atoms with E-state index in [-0.39, 0.29) is 42.0 Å². The molecule has 2 aliphatic carbocycles. The number of imide groups is 1. The molecule has 1 N–H and O–H groups in total. The molecule has 2 aromatic rings. The van der Waals surface area contributed by atoms with Crippen molar-refractivity contribution in [1.82, 2.24) is 4.90 Å². The van der Waals surface area contributed by atoms with Crippen molar-refractivity contribution in [2.75, 3.05) is 11.9 Å². The lowest BCUT2D eigenvalue weighted by Gasteiger charge is -2.28. The molecule has 2 bridgehead atoms. The summed E-state index contributed by atoms with van der Waals surface area (Å²) in [6, 6.07) is 15.0. The molecule has 0 radical (unpaired) electrons. The van der Waals surface area contributed by atoms with Crippen LogP contribution < -0.4 is 5.32 Å². The fourth-order valence-electron chi connectivity index (χ4n) is 5.68. The Morgan fingerprint density at radius 3 is 2.43 bits per heavy atom. The molecule has 7 heteroatoms. The summed E-state index contributed by atoms with van der Waals surface area (Å²) in [4.78, 5) is 39.8. The van der Waals surface area contributed by atoms with Crippen LogP contribution >= 0.6 is 23.2 Å². The molecule has 0 spiro atoms. The standard InChI is InChI=1S/C23H20Cl2N2O3/c24-17-7-6-14(10-18(17)25)26-19(28)11-27-22(29)20-13-8-15(12-4-2-1-3-5-12)16(9-13)21(20)23(27)30/h1-7,10,13,15-16,20-21H,8-9,11H2,(H,26,28)/t13-,15+,16+,20-,21+/m1/s1. The van der Waals surface area contributed by atoms with Crippen molar-refractivity contribution in [3.05, 3.63) is 64.1 Å². The number of rotatable bonds is 4. The Bertz CT molecular complexity index is 1040. The maximum atomic E-state index is 13.1. The van der Waals surface area contributed by atoms with Crippen LogP contribution in [0.3, 0.4) is 0 Å². The van der Waals surface area contributed by atoms with Gasteiger partial charge in [-0.25, -0.2) is 0 Å². The monoisotopic (exact) mass is 442 g/mol. The van der Waals surface area contributed by atoms with Crippen LogP contribution in [-0.2, 0) is 14.4 Å². The lowest BCUT2D eigenvalue weighted by molar-refractivity contribution is -0.143. The van der Waals surface area contributed by atoms with Gasteiger partial charge in [-0.15, -0.1) is 0 Å². The van der Waals surface area contributed by atoms with Gasteiger partial charge in [0.15, 0.2) is 0 Å². The topological polar surface area (TPSA) is 66.5 Å². The normalized spacial score (nSPS) is 29.4. The minimum atomic E-state index is -0.429. The molecular weight excluding hydrogens is 423 g/mol. The molecule has 3 fully saturated rings. The van der Waals surface area contributed by atoms with Crippen molar-refractivity contribution in [1.29, 1.82) is 0 Å². The molecule has 0 aromatic heterocycles. The minimum absolute atomic E-state index is 0.169. The van der Waals surface area contributed by atoms with Gasteiger partial charge in [0.25, 0.3) is 0 Å². The predicted molar refractivity (Wildman–Crippen MR) is 114 cm³/mol. The van der Waals surface area contributed by atoms with Gasteiger partial charge in [-0.3, -0.25) is 19.3 Å². The number of anilines is 1. The van der Waals surface area contributed by atoms with Crippen LogP contribution in [0.25, 0.3) is 0 Å². The number of amides is 3. The molecule has 30 heavy (non-hydrogen) atoms. The minimum Gasteiger partial charge on any atom is -0.324 e. The van der Waals surface area contributed by atoms with E-state index in [1.54, 1.807) is 12.1 Å². The summed E-state index contributed by atoms with van der Waals surface area (Å²) in [5, 5.41) is 3.39. The van der Waals surface area contributed by atoms with Crippen LogP contribution in [0.5, 0.6) is 0 Å². The number of hydrogen-bond donors (Lipinski definition) is 1. The maximum Gasteiger partial charge on any atom is 0.244 e. The third kappa shape index (κ3) is 3.12. The van der Waals surface area contributed by atoms with E-state index in [0.29, 0.717) is 21.7 Å². The molecule has 1 saturated heterocycles. The smallest absolute Gasteiger partial charge is 0.244 e. The van der Waals surface area contributed by atoms with Crippen molar-refractivity contribution in [2.24, 2.45) is 23.7 Å². The number of halogens is 2. The van der Waals surface area contributed by atoms with Crippen LogP contribution in [0.2, 0.25) is 10.0 Å². The number of fused-ring (bicyclic) bond motifs is 5. The fourth-order valence-corrected chi connectivity index (χ4v) is 5.98. The van der Waals surface area contributed by atoms with Crippen LogP contribution in [0, 0.1) is 23.7 Å². The molecule has 5 atom stereocenters. The molecule has 3 aliphatic rings. The summed E-state index contributed by atoms with van der Waals surface area (Å²) in [5.74, 6) is -0.733. The van der Waals surface area contributed by atoms with E-state index in [4.69, 9.17) is 23.2 Å². The van der Waals surface area contributed by atoms with Gasteiger partial charge < -0.3 is 5.32 Å². The van der Waals surface area contributed by atoms with Crippen molar-refractivity contribution in [3.63, 3.8) is 0 Å². The van der Waals surface area contributed by atoms with Gasteiger partial charge in [0.2, 0.25) is 17.7 Å². The summed E-state index contributed by atoms with van der Waals surface area (Å²) in [5.41, 5.74) is 1.71. The Labute approximate surface area is 184 Å². The SMILES string of the molecule is O=C(CN1C(=O)[C@@H]2[C@H]3C[C@H]([C@@H]2C1=O)[C@H](c1ccccc1)C3)Nc1ccc(Cl)c(Cl)c1. The second-order valence-electron chi connectivity index (χ2n) is 8.40. The molecule has 1 aliphatic heterocycles. The van der Waals surface area contributed by atoms with Crippen molar-refractivity contribution < 1.29 is 14.4 Å². The van der Waals surface area contributed by atoms with Gasteiger partial charge in [0.1, 0.15) is 6.54 Å². The Morgan fingerprint density at radius 1 is 0.967 bits per heavy atom. The number of nitrogens with zero attached hydrogens (tertiary/aromatic N) is 1.